The van der Waals surface area contributed by atoms with Crippen molar-refractivity contribution in [3.05, 3.63) is 48.6 Å². The number of carbonyl (C=O) groups is 1. The monoisotopic (exact) mass is 826 g/mol. The summed E-state index contributed by atoms with van der Waals surface area (Å²) in [5.41, 5.74) is 0. The largest absolute Gasteiger partial charge is 0.394 e. The number of nitrogens with one attached hydrogen (secondary N) is 1. The maximum atomic E-state index is 12.5. The van der Waals surface area contributed by atoms with Crippen LogP contribution >= 0.6 is 0 Å². The van der Waals surface area contributed by atoms with Gasteiger partial charge in [-0.25, -0.2) is 0 Å². The van der Waals surface area contributed by atoms with Gasteiger partial charge in [0.2, 0.25) is 5.91 Å². The number of allylic oxidation sites excluding steroid dienone is 8. The summed E-state index contributed by atoms with van der Waals surface area (Å²) in [7, 11) is 0. The number of amides is 1. The fourth-order valence-corrected chi connectivity index (χ4v) is 8.12. The van der Waals surface area contributed by atoms with Gasteiger partial charge in [0.05, 0.1) is 18.8 Å². The summed E-state index contributed by atoms with van der Waals surface area (Å²) < 4.78 is 0. The second-order valence-electron chi connectivity index (χ2n) is 17.9. The summed E-state index contributed by atoms with van der Waals surface area (Å²) >= 11 is 0. The van der Waals surface area contributed by atoms with Gasteiger partial charge in [0.1, 0.15) is 0 Å². The van der Waals surface area contributed by atoms with Crippen LogP contribution in [0.1, 0.15) is 277 Å². The third kappa shape index (κ3) is 47.3. The Morgan fingerprint density at radius 1 is 0.424 bits per heavy atom. The average Bonchev–Trinajstić information content (AvgIpc) is 3.24. The Balaban J connectivity index is 3.48. The van der Waals surface area contributed by atoms with E-state index in [9.17, 15) is 15.0 Å². The molecule has 2 unspecified atom stereocenters. The van der Waals surface area contributed by atoms with Crippen molar-refractivity contribution in [1.82, 2.24) is 5.32 Å². The maximum Gasteiger partial charge on any atom is 0.220 e. The van der Waals surface area contributed by atoms with Gasteiger partial charge in [0, 0.05) is 6.42 Å². The minimum absolute atomic E-state index is 0.0318. The molecule has 346 valence electrons. The third-order valence-electron chi connectivity index (χ3n) is 12.1. The van der Waals surface area contributed by atoms with E-state index in [0.29, 0.717) is 12.8 Å². The molecule has 0 radical (unpaired) electrons. The van der Waals surface area contributed by atoms with Crippen molar-refractivity contribution < 1.29 is 15.0 Å². The number of aliphatic hydroxyl groups excluding tert-OH is 2. The molecule has 0 aromatic carbocycles. The molecule has 4 nitrogen and oxygen atoms in total. The van der Waals surface area contributed by atoms with E-state index in [1.807, 2.05) is 0 Å². The summed E-state index contributed by atoms with van der Waals surface area (Å²) in [5, 5.41) is 23.3. The van der Waals surface area contributed by atoms with E-state index in [4.69, 9.17) is 0 Å². The van der Waals surface area contributed by atoms with E-state index < -0.39 is 12.1 Å². The average molecular weight is 826 g/mol. The van der Waals surface area contributed by atoms with Crippen LogP contribution < -0.4 is 5.32 Å². The zero-order valence-electron chi connectivity index (χ0n) is 39.8. The minimum Gasteiger partial charge on any atom is -0.394 e. The summed E-state index contributed by atoms with van der Waals surface area (Å²) in [5.74, 6) is -0.0318. The van der Waals surface area contributed by atoms with Crippen LogP contribution in [0.2, 0.25) is 0 Å². The zero-order valence-corrected chi connectivity index (χ0v) is 39.8. The molecule has 4 heteroatoms. The van der Waals surface area contributed by atoms with Crippen LogP contribution in [-0.4, -0.2) is 34.9 Å². The molecule has 0 aliphatic carbocycles. The van der Waals surface area contributed by atoms with Crippen molar-refractivity contribution in [2.45, 2.75) is 289 Å². The van der Waals surface area contributed by atoms with Gasteiger partial charge in [-0.2, -0.15) is 0 Å². The highest BCUT2D eigenvalue weighted by Crippen LogP contribution is 2.17. The predicted octanol–water partition coefficient (Wildman–Crippen LogP) is 17.1. The molecule has 0 bridgehead atoms. The first-order valence-electron chi connectivity index (χ1n) is 26.3. The molecular weight excluding hydrogens is 723 g/mol. The molecule has 0 aliphatic rings. The molecule has 0 saturated heterocycles. The topological polar surface area (TPSA) is 69.6 Å². The van der Waals surface area contributed by atoms with Gasteiger partial charge >= 0.3 is 0 Å². The highest BCUT2D eigenvalue weighted by molar-refractivity contribution is 5.76. The number of hydrogen-bond donors (Lipinski definition) is 3. The Labute approximate surface area is 369 Å². The number of carbonyl (C=O) groups excluding carboxylic acids is 1. The lowest BCUT2D eigenvalue weighted by Gasteiger charge is -2.22. The van der Waals surface area contributed by atoms with E-state index >= 15 is 0 Å². The second-order valence-corrected chi connectivity index (χ2v) is 17.9. The lowest BCUT2D eigenvalue weighted by molar-refractivity contribution is -0.123. The van der Waals surface area contributed by atoms with Gasteiger partial charge in [-0.05, 0) is 51.4 Å². The van der Waals surface area contributed by atoms with Gasteiger partial charge in [-0.1, -0.05) is 268 Å². The standard InChI is InChI=1S/C55H103NO3/c1-3-5-7-9-11-13-15-17-19-21-23-25-27-28-29-31-33-35-37-39-41-43-45-47-49-51-55(59)56-53(52-57)54(58)50-48-46-44-42-40-38-36-34-32-30-26-24-22-20-18-16-14-12-10-8-6-4-2/h5,7,11,13,17,19,23,25,53-54,57-58H,3-4,6,8-10,12,14-16,18,20-22,24,26-52H2,1-2H3,(H,56,59)/b7-5-,13-11-,19-17-,25-23-. The molecule has 0 spiro atoms. The number of hydrogen-bond acceptors (Lipinski definition) is 3. The van der Waals surface area contributed by atoms with Gasteiger partial charge in [0.25, 0.3) is 0 Å². The lowest BCUT2D eigenvalue weighted by Crippen LogP contribution is -2.45. The SMILES string of the molecule is CC/C=C\C/C=C\C/C=C\C/C=C\CCCCCCCCCCCCCCC(=O)NC(CO)C(O)CCCCCCCCCCCCCCCCCCCCCCCC. The van der Waals surface area contributed by atoms with Gasteiger partial charge < -0.3 is 15.5 Å². The minimum atomic E-state index is -0.662. The molecular formula is C55H103NO3. The van der Waals surface area contributed by atoms with Crippen LogP contribution in [0.15, 0.2) is 48.6 Å². The predicted molar refractivity (Wildman–Crippen MR) is 262 cm³/mol. The van der Waals surface area contributed by atoms with Gasteiger partial charge in [-0.3, -0.25) is 4.79 Å². The van der Waals surface area contributed by atoms with Crippen molar-refractivity contribution in [2.24, 2.45) is 0 Å². The third-order valence-corrected chi connectivity index (χ3v) is 12.1. The molecule has 0 rings (SSSR count). The van der Waals surface area contributed by atoms with E-state index in [1.165, 1.54) is 199 Å². The quantitative estimate of drug-likeness (QED) is 0.0423. The van der Waals surface area contributed by atoms with Crippen LogP contribution in [0.3, 0.4) is 0 Å². The fraction of sp³-hybridized carbons (Fsp3) is 0.836. The summed E-state index contributed by atoms with van der Waals surface area (Å²) in [6, 6.07) is -0.539. The molecule has 0 aromatic rings. The van der Waals surface area contributed by atoms with E-state index in [2.05, 4.69) is 67.8 Å². The summed E-state index contributed by atoms with van der Waals surface area (Å²) in [4.78, 5) is 12.5. The zero-order chi connectivity index (χ0) is 42.8. The highest BCUT2D eigenvalue weighted by Gasteiger charge is 2.20. The number of aliphatic hydroxyl groups is 2. The lowest BCUT2D eigenvalue weighted by atomic mass is 10.0. The molecule has 0 aliphatic heterocycles. The molecule has 59 heavy (non-hydrogen) atoms. The van der Waals surface area contributed by atoms with Crippen LogP contribution in [0.5, 0.6) is 0 Å². The van der Waals surface area contributed by atoms with Crippen LogP contribution in [0.4, 0.5) is 0 Å². The Bertz CT molecular complexity index is 939. The first-order chi connectivity index (χ1) is 29.2. The smallest absolute Gasteiger partial charge is 0.220 e. The van der Waals surface area contributed by atoms with Crippen LogP contribution in [-0.2, 0) is 4.79 Å². The van der Waals surface area contributed by atoms with E-state index in [0.717, 1.165) is 51.4 Å². The highest BCUT2D eigenvalue weighted by atomic mass is 16.3. The molecule has 0 saturated carbocycles. The van der Waals surface area contributed by atoms with Gasteiger partial charge in [0.15, 0.2) is 0 Å². The molecule has 2 atom stereocenters. The first kappa shape index (κ1) is 57.3. The van der Waals surface area contributed by atoms with E-state index in [1.54, 1.807) is 0 Å². The Hall–Kier alpha value is -1.65. The normalized spacial score (nSPS) is 13.2. The van der Waals surface area contributed by atoms with Crippen molar-refractivity contribution >= 4 is 5.91 Å². The fourth-order valence-electron chi connectivity index (χ4n) is 8.12. The molecule has 0 heterocycles. The van der Waals surface area contributed by atoms with Crippen LogP contribution in [0.25, 0.3) is 0 Å². The maximum absolute atomic E-state index is 12.5. The van der Waals surface area contributed by atoms with Crippen molar-refractivity contribution in [3.63, 3.8) is 0 Å². The Morgan fingerprint density at radius 2 is 0.746 bits per heavy atom. The Morgan fingerprint density at radius 3 is 1.12 bits per heavy atom. The number of rotatable bonds is 48. The van der Waals surface area contributed by atoms with Crippen LogP contribution in [0, 0.1) is 0 Å². The van der Waals surface area contributed by atoms with Gasteiger partial charge in [-0.15, -0.1) is 0 Å². The molecule has 1 amide bonds. The van der Waals surface area contributed by atoms with E-state index in [-0.39, 0.29) is 12.5 Å². The molecule has 0 fully saturated rings. The molecule has 0 aromatic heterocycles. The van der Waals surface area contributed by atoms with Crippen molar-refractivity contribution in [2.75, 3.05) is 6.61 Å². The number of unbranched alkanes of at least 4 members (excludes halogenated alkanes) is 33. The van der Waals surface area contributed by atoms with Crippen molar-refractivity contribution in [3.8, 4) is 0 Å². The summed E-state index contributed by atoms with van der Waals surface area (Å²) in [6.45, 7) is 4.27. The molecule has 3 N–H and O–H groups in total. The van der Waals surface area contributed by atoms with Crippen molar-refractivity contribution in [1.29, 1.82) is 0 Å². The summed E-state index contributed by atoms with van der Waals surface area (Å²) in [6.07, 6.45) is 69.3. The first-order valence-corrected chi connectivity index (χ1v) is 26.3. The Kier molecular flexibility index (Phi) is 49.3. The second kappa shape index (κ2) is 50.7.